The number of nitrogens with one attached hydrogen (secondary N) is 1. The number of benzene rings is 1. The van der Waals surface area contributed by atoms with Crippen LogP contribution < -0.4 is 5.32 Å². The summed E-state index contributed by atoms with van der Waals surface area (Å²) in [5, 5.41) is 22.5. The molecule has 2 aliphatic rings. The van der Waals surface area contributed by atoms with Crippen LogP contribution in [0.3, 0.4) is 0 Å². The summed E-state index contributed by atoms with van der Waals surface area (Å²) in [6.45, 7) is 4.85. The SMILES string of the molecule is C[C@H](NC1CCN(Cc2ccccc2)C1)C(=O)C1CCC[C@H]1B(O)O.Cl. The van der Waals surface area contributed by atoms with E-state index < -0.39 is 7.12 Å². The molecule has 1 aromatic carbocycles. The highest BCUT2D eigenvalue weighted by molar-refractivity contribution is 6.44. The van der Waals surface area contributed by atoms with Gasteiger partial charge in [-0.1, -0.05) is 43.2 Å². The van der Waals surface area contributed by atoms with Gasteiger partial charge in [0.25, 0.3) is 0 Å². The zero-order valence-electron chi connectivity index (χ0n) is 15.4. The summed E-state index contributed by atoms with van der Waals surface area (Å²) in [6.07, 6.45) is 3.45. The molecular formula is C19H30BClN2O3. The lowest BCUT2D eigenvalue weighted by atomic mass is 9.65. The number of carbonyl (C=O) groups excluding carboxylic acids is 1. The maximum absolute atomic E-state index is 12.7. The molecule has 7 heteroatoms. The Kier molecular flexibility index (Phi) is 8.11. The quantitative estimate of drug-likeness (QED) is 0.630. The van der Waals surface area contributed by atoms with Gasteiger partial charge < -0.3 is 15.4 Å². The summed E-state index contributed by atoms with van der Waals surface area (Å²) >= 11 is 0. The van der Waals surface area contributed by atoms with Crippen LogP contribution in [0.25, 0.3) is 0 Å². The molecule has 0 amide bonds. The van der Waals surface area contributed by atoms with Gasteiger partial charge in [0, 0.05) is 37.4 Å². The van der Waals surface area contributed by atoms with Gasteiger partial charge in [-0.05, 0) is 25.3 Å². The van der Waals surface area contributed by atoms with Gasteiger partial charge in [-0.3, -0.25) is 9.69 Å². The predicted octanol–water partition coefficient (Wildman–Crippen LogP) is 1.87. The molecule has 1 aliphatic carbocycles. The molecule has 26 heavy (non-hydrogen) atoms. The van der Waals surface area contributed by atoms with E-state index in [4.69, 9.17) is 0 Å². The molecule has 1 aliphatic heterocycles. The van der Waals surface area contributed by atoms with E-state index >= 15 is 0 Å². The van der Waals surface area contributed by atoms with Crippen LogP contribution in [-0.2, 0) is 11.3 Å². The smallest absolute Gasteiger partial charge is 0.427 e. The van der Waals surface area contributed by atoms with E-state index in [0.29, 0.717) is 6.04 Å². The van der Waals surface area contributed by atoms with E-state index in [9.17, 15) is 14.8 Å². The zero-order chi connectivity index (χ0) is 17.8. The Morgan fingerprint density at radius 2 is 2.00 bits per heavy atom. The molecule has 2 unspecified atom stereocenters. The van der Waals surface area contributed by atoms with Gasteiger partial charge in [0.1, 0.15) is 0 Å². The summed E-state index contributed by atoms with van der Waals surface area (Å²) in [7, 11) is -1.38. The van der Waals surface area contributed by atoms with E-state index in [1.807, 2.05) is 13.0 Å². The van der Waals surface area contributed by atoms with Crippen LogP contribution in [-0.4, -0.2) is 53.0 Å². The molecule has 2 fully saturated rings. The molecule has 3 N–H and O–H groups in total. The third-order valence-electron chi connectivity index (χ3n) is 5.75. The molecule has 5 nitrogen and oxygen atoms in total. The summed E-state index contributed by atoms with van der Waals surface area (Å²) in [6, 6.07) is 10.5. The molecule has 0 radical (unpaired) electrons. The number of hydrogen-bond donors (Lipinski definition) is 3. The number of halogens is 1. The maximum atomic E-state index is 12.7. The van der Waals surface area contributed by atoms with Gasteiger partial charge in [0.15, 0.2) is 5.78 Å². The molecule has 0 bridgehead atoms. The minimum Gasteiger partial charge on any atom is -0.427 e. The first-order chi connectivity index (χ1) is 12.0. The van der Waals surface area contributed by atoms with Crippen LogP contribution in [0.5, 0.6) is 0 Å². The van der Waals surface area contributed by atoms with E-state index in [2.05, 4.69) is 34.5 Å². The van der Waals surface area contributed by atoms with E-state index in [-0.39, 0.29) is 36.0 Å². The Morgan fingerprint density at radius 1 is 1.27 bits per heavy atom. The lowest BCUT2D eigenvalue weighted by Crippen LogP contribution is -2.46. The molecule has 1 saturated heterocycles. The number of ketones is 1. The second kappa shape index (κ2) is 9.86. The number of carbonyl (C=O) groups is 1. The van der Waals surface area contributed by atoms with E-state index in [1.54, 1.807) is 0 Å². The molecule has 1 aromatic rings. The highest BCUT2D eigenvalue weighted by Gasteiger charge is 2.41. The van der Waals surface area contributed by atoms with Crippen LogP contribution in [0.1, 0.15) is 38.2 Å². The van der Waals surface area contributed by atoms with Gasteiger partial charge >= 0.3 is 7.12 Å². The van der Waals surface area contributed by atoms with Crippen molar-refractivity contribution in [2.24, 2.45) is 5.92 Å². The van der Waals surface area contributed by atoms with Crippen molar-refractivity contribution in [2.45, 2.75) is 57.1 Å². The number of likely N-dealkylation sites (tertiary alicyclic amines) is 1. The summed E-state index contributed by atoms with van der Waals surface area (Å²) in [4.78, 5) is 15.1. The third-order valence-corrected chi connectivity index (χ3v) is 5.75. The highest BCUT2D eigenvalue weighted by atomic mass is 35.5. The predicted molar refractivity (Wildman–Crippen MR) is 106 cm³/mol. The Hall–Kier alpha value is -0.915. The lowest BCUT2D eigenvalue weighted by Gasteiger charge is -2.24. The molecule has 144 valence electrons. The van der Waals surface area contributed by atoms with E-state index in [1.165, 1.54) is 5.56 Å². The van der Waals surface area contributed by atoms with Crippen LogP contribution >= 0.6 is 12.4 Å². The summed E-state index contributed by atoms with van der Waals surface area (Å²) in [5.74, 6) is -0.378. The first-order valence-electron chi connectivity index (χ1n) is 9.47. The van der Waals surface area contributed by atoms with Crippen molar-refractivity contribution in [3.05, 3.63) is 35.9 Å². The molecule has 0 spiro atoms. The Morgan fingerprint density at radius 3 is 2.69 bits per heavy atom. The fraction of sp³-hybridized carbons (Fsp3) is 0.632. The summed E-state index contributed by atoms with van der Waals surface area (Å²) < 4.78 is 0. The Labute approximate surface area is 162 Å². The summed E-state index contributed by atoms with van der Waals surface area (Å²) in [5.41, 5.74) is 1.32. The second-order valence-corrected chi connectivity index (χ2v) is 7.61. The van der Waals surface area contributed by atoms with Gasteiger partial charge in [-0.25, -0.2) is 0 Å². The first kappa shape index (κ1) is 21.4. The van der Waals surface area contributed by atoms with Crippen molar-refractivity contribution in [3.63, 3.8) is 0 Å². The van der Waals surface area contributed by atoms with Crippen molar-refractivity contribution in [2.75, 3.05) is 13.1 Å². The van der Waals surface area contributed by atoms with Gasteiger partial charge in [0.2, 0.25) is 0 Å². The standard InChI is InChI=1S/C19H29BN2O3.ClH/c1-14(19(23)17-8-5-9-18(17)20(24)25)21-16-10-11-22(13-16)12-15-6-3-2-4-7-15;/h2-4,6-7,14,16-18,21,24-25H,5,8-13H2,1H3;1H/t14-,16?,17?,18+;/m0./s1. The minimum absolute atomic E-state index is 0. The van der Waals surface area contributed by atoms with Gasteiger partial charge in [-0.15, -0.1) is 12.4 Å². The zero-order valence-corrected chi connectivity index (χ0v) is 16.2. The van der Waals surface area contributed by atoms with Crippen LogP contribution in [0, 0.1) is 5.92 Å². The van der Waals surface area contributed by atoms with Crippen LogP contribution in [0.2, 0.25) is 5.82 Å². The van der Waals surface area contributed by atoms with Crippen LogP contribution in [0.15, 0.2) is 30.3 Å². The highest BCUT2D eigenvalue weighted by Crippen LogP contribution is 2.38. The lowest BCUT2D eigenvalue weighted by molar-refractivity contribution is -0.124. The molecule has 1 saturated carbocycles. The monoisotopic (exact) mass is 380 g/mol. The number of Topliss-reactive ketones (excluding diaryl/α,β-unsaturated/α-hetero) is 1. The first-order valence-corrected chi connectivity index (χ1v) is 9.47. The van der Waals surface area contributed by atoms with Crippen LogP contribution in [0.4, 0.5) is 0 Å². The largest absolute Gasteiger partial charge is 0.455 e. The fourth-order valence-electron chi connectivity index (χ4n) is 4.41. The maximum Gasteiger partial charge on any atom is 0.455 e. The normalized spacial score (nSPS) is 27.1. The average Bonchev–Trinajstić information content (AvgIpc) is 3.24. The average molecular weight is 381 g/mol. The molecule has 0 aromatic heterocycles. The molecule has 3 rings (SSSR count). The number of nitrogens with zero attached hydrogens (tertiary/aromatic N) is 1. The minimum atomic E-state index is -1.38. The van der Waals surface area contributed by atoms with E-state index in [0.717, 1.165) is 45.3 Å². The fourth-order valence-corrected chi connectivity index (χ4v) is 4.41. The number of rotatable bonds is 7. The number of hydrogen-bond acceptors (Lipinski definition) is 5. The van der Waals surface area contributed by atoms with Gasteiger partial charge in [0.05, 0.1) is 6.04 Å². The Bertz CT molecular complexity index is 575. The molecular weight excluding hydrogens is 350 g/mol. The third kappa shape index (κ3) is 5.30. The molecule has 1 heterocycles. The van der Waals surface area contributed by atoms with Crippen molar-refractivity contribution >= 4 is 25.3 Å². The van der Waals surface area contributed by atoms with Crippen molar-refractivity contribution in [1.82, 2.24) is 10.2 Å². The van der Waals surface area contributed by atoms with Gasteiger partial charge in [-0.2, -0.15) is 0 Å². The molecule has 4 atom stereocenters. The van der Waals surface area contributed by atoms with Crippen molar-refractivity contribution < 1.29 is 14.8 Å². The van der Waals surface area contributed by atoms with Crippen molar-refractivity contribution in [3.8, 4) is 0 Å². The Balaban J connectivity index is 0.00000243. The topological polar surface area (TPSA) is 72.8 Å². The second-order valence-electron chi connectivity index (χ2n) is 7.61. The van der Waals surface area contributed by atoms with Crippen molar-refractivity contribution in [1.29, 1.82) is 0 Å².